The van der Waals surface area contributed by atoms with Gasteiger partial charge >= 0.3 is 5.97 Å². The molecule has 1 aliphatic rings. The van der Waals surface area contributed by atoms with E-state index in [0.717, 1.165) is 28.5 Å². The van der Waals surface area contributed by atoms with Gasteiger partial charge < -0.3 is 15.7 Å². The monoisotopic (exact) mass is 414 g/mol. The lowest BCUT2D eigenvalue weighted by molar-refractivity contribution is -0.140. The van der Waals surface area contributed by atoms with Gasteiger partial charge in [-0.25, -0.2) is 9.31 Å². The van der Waals surface area contributed by atoms with Crippen molar-refractivity contribution in [3.05, 3.63) is 70.9 Å². The average molecular weight is 415 g/mol. The molecule has 3 N–H and O–H groups in total. The van der Waals surface area contributed by atoms with E-state index in [-0.39, 0.29) is 0 Å². The Balaban J connectivity index is 1.70. The zero-order valence-corrected chi connectivity index (χ0v) is 16.7. The van der Waals surface area contributed by atoms with Crippen LogP contribution in [0.2, 0.25) is 0 Å². The summed E-state index contributed by atoms with van der Waals surface area (Å²) in [7, 11) is 0. The zero-order chi connectivity index (χ0) is 19.7. The molecule has 0 saturated heterocycles. The third kappa shape index (κ3) is 3.10. The molecule has 2 atom stereocenters. The number of fused-ring (bicyclic) bond motifs is 1. The van der Waals surface area contributed by atoms with Crippen molar-refractivity contribution in [2.24, 2.45) is 0 Å². The second kappa shape index (κ2) is 7.41. The van der Waals surface area contributed by atoms with Crippen LogP contribution >= 0.6 is 23.4 Å². The minimum absolute atomic E-state index is 0.398. The quantitative estimate of drug-likeness (QED) is 0.560. The number of carbonyl (C=O) groups is 1. The number of pyridine rings is 1. The molecule has 6 nitrogen and oxygen atoms in total. The molecule has 144 valence electrons. The number of nitrogens with zero attached hydrogens (tertiary/aromatic N) is 2. The summed E-state index contributed by atoms with van der Waals surface area (Å²) in [4.78, 5) is 11.1. The van der Waals surface area contributed by atoms with E-state index in [4.69, 9.17) is 11.6 Å². The second-order valence-corrected chi connectivity index (χ2v) is 8.33. The lowest BCUT2D eigenvalue weighted by atomic mass is 10.0. The summed E-state index contributed by atoms with van der Waals surface area (Å²) in [5, 5.41) is 21.1. The molecule has 1 unspecified atom stereocenters. The average Bonchev–Trinajstić information content (AvgIpc) is 3.28. The van der Waals surface area contributed by atoms with Gasteiger partial charge in [-0.3, -0.25) is 0 Å². The molecule has 28 heavy (non-hydrogen) atoms. The third-order valence-electron chi connectivity index (χ3n) is 4.79. The van der Waals surface area contributed by atoms with Crippen LogP contribution in [-0.2, 0) is 4.79 Å². The normalized spacial score (nSPS) is 20.2. The van der Waals surface area contributed by atoms with Crippen molar-refractivity contribution in [3.8, 4) is 0 Å². The highest BCUT2D eigenvalue weighted by atomic mass is 35.5. The van der Waals surface area contributed by atoms with E-state index in [1.165, 1.54) is 0 Å². The molecule has 3 heterocycles. The van der Waals surface area contributed by atoms with Gasteiger partial charge in [0, 0.05) is 17.4 Å². The van der Waals surface area contributed by atoms with Gasteiger partial charge in [0.2, 0.25) is 4.87 Å². The molecule has 3 aromatic rings. The lowest BCUT2D eigenvalue weighted by Crippen LogP contribution is -2.57. The molecule has 8 heteroatoms. The van der Waals surface area contributed by atoms with Crippen LogP contribution in [0.5, 0.6) is 0 Å². The number of halogens is 1. The number of nitrogens with one attached hydrogen (secondary N) is 2. The number of carboxylic acids is 1. The van der Waals surface area contributed by atoms with Crippen LogP contribution in [0.1, 0.15) is 18.9 Å². The van der Waals surface area contributed by atoms with Crippen molar-refractivity contribution < 1.29 is 9.90 Å². The molecule has 4 rings (SSSR count). The molecule has 0 saturated carbocycles. The number of hydrogen-bond acceptors (Lipinski definition) is 5. The van der Waals surface area contributed by atoms with Crippen molar-refractivity contribution >= 4 is 46.2 Å². The maximum absolute atomic E-state index is 12.4. The molecule has 0 bridgehead atoms. The number of para-hydroxylation sites is 1. The summed E-state index contributed by atoms with van der Waals surface area (Å²) in [6, 6.07) is 14.9. The Bertz CT molecular complexity index is 1050. The second-order valence-electron chi connectivity index (χ2n) is 6.48. The number of aromatic nitrogens is 2. The van der Waals surface area contributed by atoms with Crippen LogP contribution in [0.4, 0.5) is 5.69 Å². The maximum Gasteiger partial charge on any atom is 0.342 e. The predicted molar refractivity (Wildman–Crippen MR) is 113 cm³/mol. The maximum atomic E-state index is 12.4. The van der Waals surface area contributed by atoms with Gasteiger partial charge in [0.05, 0.1) is 23.5 Å². The van der Waals surface area contributed by atoms with E-state index in [1.807, 2.05) is 61.7 Å². The third-order valence-corrected chi connectivity index (χ3v) is 6.47. The van der Waals surface area contributed by atoms with Gasteiger partial charge in [-0.1, -0.05) is 54.6 Å². The fraction of sp³-hybridized carbons (Fsp3) is 0.200. The summed E-state index contributed by atoms with van der Waals surface area (Å²) in [5.41, 5.74) is 3.08. The smallest absolute Gasteiger partial charge is 0.342 e. The largest absolute Gasteiger partial charge is 0.479 e. The van der Waals surface area contributed by atoms with Crippen LogP contribution < -0.4 is 10.6 Å². The van der Waals surface area contributed by atoms with E-state index >= 15 is 0 Å². The molecule has 1 aromatic carbocycles. The Morgan fingerprint density at radius 2 is 2.07 bits per heavy atom. The van der Waals surface area contributed by atoms with Gasteiger partial charge in [-0.15, -0.1) is 0 Å². The minimum atomic E-state index is -1.33. The summed E-state index contributed by atoms with van der Waals surface area (Å²) in [6.45, 7) is 1.95. The number of hydrogen-bond donors (Lipinski definition) is 3. The SMILES string of the molecule is CCC(Nc1ccccc1)[C@]1(C(=O)O)NC(c2cnn3ccccc23)=C(Cl)S1. The van der Waals surface area contributed by atoms with E-state index in [2.05, 4.69) is 15.7 Å². The van der Waals surface area contributed by atoms with Crippen LogP contribution in [0.25, 0.3) is 11.2 Å². The zero-order valence-electron chi connectivity index (χ0n) is 15.1. The van der Waals surface area contributed by atoms with E-state index < -0.39 is 16.9 Å². The topological polar surface area (TPSA) is 78.7 Å². The highest BCUT2D eigenvalue weighted by Crippen LogP contribution is 2.48. The van der Waals surface area contributed by atoms with Crippen molar-refractivity contribution in [1.29, 1.82) is 0 Å². The highest BCUT2D eigenvalue weighted by molar-refractivity contribution is 8.07. The molecule has 0 amide bonds. The molecule has 0 fully saturated rings. The Kier molecular flexibility index (Phi) is 4.95. The Labute approximate surface area is 171 Å². The highest BCUT2D eigenvalue weighted by Gasteiger charge is 2.52. The number of rotatable bonds is 6. The molecular formula is C20H19ClN4O2S. The van der Waals surface area contributed by atoms with Gasteiger partial charge in [0.15, 0.2) is 0 Å². The summed E-state index contributed by atoms with van der Waals surface area (Å²) >= 11 is 7.68. The fourth-order valence-corrected chi connectivity index (χ4v) is 5.05. The van der Waals surface area contributed by atoms with Crippen molar-refractivity contribution in [2.45, 2.75) is 24.3 Å². The van der Waals surface area contributed by atoms with Crippen LogP contribution in [0.3, 0.4) is 0 Å². The van der Waals surface area contributed by atoms with E-state index in [9.17, 15) is 9.90 Å². The van der Waals surface area contributed by atoms with Crippen LogP contribution in [0, 0.1) is 0 Å². The fourth-order valence-electron chi connectivity index (χ4n) is 3.38. The van der Waals surface area contributed by atoms with Crippen molar-refractivity contribution in [2.75, 3.05) is 5.32 Å². The standard InChI is InChI=1S/C20H19ClN4O2S/c1-2-16(23-13-8-4-3-5-9-13)20(19(26)27)24-17(18(21)28-20)14-12-22-25-11-7-6-10-15(14)25/h3-12,16,23-24H,2H2,1H3,(H,26,27)/t16?,20-/m0/s1. The molecule has 2 aromatic heterocycles. The Morgan fingerprint density at radius 3 is 2.79 bits per heavy atom. The van der Waals surface area contributed by atoms with Crippen molar-refractivity contribution in [1.82, 2.24) is 14.9 Å². The molecule has 1 aliphatic heterocycles. The Hall–Kier alpha value is -2.64. The van der Waals surface area contributed by atoms with E-state index in [1.54, 1.807) is 10.7 Å². The van der Waals surface area contributed by atoms with E-state index in [0.29, 0.717) is 16.5 Å². The molecule has 0 spiro atoms. The first-order valence-corrected chi connectivity index (χ1v) is 10.1. The van der Waals surface area contributed by atoms with Gasteiger partial charge in [-0.2, -0.15) is 5.10 Å². The number of benzene rings is 1. The van der Waals surface area contributed by atoms with Crippen LogP contribution in [-0.4, -0.2) is 31.6 Å². The Morgan fingerprint density at radius 1 is 1.32 bits per heavy atom. The summed E-state index contributed by atoms with van der Waals surface area (Å²) in [5.74, 6) is -0.975. The number of anilines is 1. The van der Waals surface area contributed by atoms with Crippen molar-refractivity contribution in [3.63, 3.8) is 0 Å². The molecule has 0 radical (unpaired) electrons. The lowest BCUT2D eigenvalue weighted by Gasteiger charge is -2.34. The first-order chi connectivity index (χ1) is 13.5. The summed E-state index contributed by atoms with van der Waals surface area (Å²) < 4.78 is 2.15. The van der Waals surface area contributed by atoms with Gasteiger partial charge in [0.1, 0.15) is 4.36 Å². The first kappa shape index (κ1) is 18.7. The molecular weight excluding hydrogens is 396 g/mol. The number of carboxylic acid groups (broad SMARTS) is 1. The number of aliphatic carboxylic acids is 1. The number of thioether (sulfide) groups is 1. The van der Waals surface area contributed by atoms with Gasteiger partial charge in [-0.05, 0) is 30.7 Å². The van der Waals surface area contributed by atoms with Crippen LogP contribution in [0.15, 0.2) is 65.3 Å². The van der Waals surface area contributed by atoms with Gasteiger partial charge in [0.25, 0.3) is 0 Å². The summed E-state index contributed by atoms with van der Waals surface area (Å²) in [6.07, 6.45) is 4.13. The first-order valence-electron chi connectivity index (χ1n) is 8.90. The predicted octanol–water partition coefficient (Wildman–Crippen LogP) is 4.21. The minimum Gasteiger partial charge on any atom is -0.479 e. The molecule has 0 aliphatic carbocycles.